The molecule has 0 atom stereocenters. The van der Waals surface area contributed by atoms with Crippen LogP contribution in [0.3, 0.4) is 0 Å². The third kappa shape index (κ3) is 3.27. The fraction of sp³-hybridized carbons (Fsp3) is 0.250. The lowest BCUT2D eigenvalue weighted by Crippen LogP contribution is -2.05. The fourth-order valence-corrected chi connectivity index (χ4v) is 1.38. The smallest absolute Gasteiger partial charge is 0.153 e. The van der Waals surface area contributed by atoms with Crippen molar-refractivity contribution in [3.05, 3.63) is 28.3 Å². The second-order valence-corrected chi connectivity index (χ2v) is 3.60. The highest BCUT2D eigenvalue weighted by Gasteiger charge is 2.06. The molecule has 1 aromatic rings. The number of carbonyl (C=O) groups is 1. The Morgan fingerprint density at radius 1 is 1.56 bits per heavy atom. The van der Waals surface area contributed by atoms with Crippen LogP contribution in [0.5, 0.6) is 5.75 Å². The van der Waals surface area contributed by atoms with E-state index in [9.17, 15) is 9.90 Å². The molecule has 4 heteroatoms. The van der Waals surface area contributed by atoms with Crippen molar-refractivity contribution >= 4 is 17.9 Å². The van der Waals surface area contributed by atoms with Crippen molar-refractivity contribution in [2.45, 2.75) is 6.42 Å². The molecule has 16 heavy (non-hydrogen) atoms. The predicted octanol–water partition coefficient (Wildman–Crippen LogP) is 1.82. The van der Waals surface area contributed by atoms with Gasteiger partial charge in [-0.2, -0.15) is 0 Å². The Balaban J connectivity index is 2.98. The Kier molecular flexibility index (Phi) is 4.84. The van der Waals surface area contributed by atoms with Crippen LogP contribution in [0.15, 0.2) is 12.1 Å². The highest BCUT2D eigenvalue weighted by Crippen LogP contribution is 2.25. The zero-order valence-corrected chi connectivity index (χ0v) is 9.64. The molecule has 0 saturated carbocycles. The van der Waals surface area contributed by atoms with Crippen LogP contribution in [-0.4, -0.2) is 25.0 Å². The molecule has 0 saturated heterocycles. The first-order chi connectivity index (χ1) is 7.69. The minimum atomic E-state index is -0.114. The van der Waals surface area contributed by atoms with Gasteiger partial charge in [-0.25, -0.2) is 0 Å². The van der Waals surface area contributed by atoms with E-state index >= 15 is 0 Å². The van der Waals surface area contributed by atoms with E-state index in [4.69, 9.17) is 11.6 Å². The largest absolute Gasteiger partial charge is 0.506 e. The number of nitrogens with one attached hydrogen (secondary N) is 1. The van der Waals surface area contributed by atoms with Gasteiger partial charge in [0.25, 0.3) is 0 Å². The molecule has 0 fully saturated rings. The van der Waals surface area contributed by atoms with Crippen LogP contribution in [-0.2, 0) is 0 Å². The number of hydrogen-bond acceptors (Lipinski definition) is 3. The maximum atomic E-state index is 10.6. The van der Waals surface area contributed by atoms with Crippen molar-refractivity contribution in [2.24, 2.45) is 0 Å². The van der Waals surface area contributed by atoms with Crippen molar-refractivity contribution < 1.29 is 9.90 Å². The van der Waals surface area contributed by atoms with E-state index in [0.29, 0.717) is 23.3 Å². The Bertz CT molecular complexity index is 446. The number of aromatic hydroxyl groups is 1. The van der Waals surface area contributed by atoms with Gasteiger partial charge in [-0.15, -0.1) is 0 Å². The summed E-state index contributed by atoms with van der Waals surface area (Å²) in [5.41, 5.74) is 0.538. The first-order valence-corrected chi connectivity index (χ1v) is 5.18. The van der Waals surface area contributed by atoms with Crippen molar-refractivity contribution in [3.63, 3.8) is 0 Å². The summed E-state index contributed by atoms with van der Waals surface area (Å²) >= 11 is 5.79. The normalized spacial score (nSPS) is 9.38. The number of hydrogen-bond donors (Lipinski definition) is 2. The first-order valence-electron chi connectivity index (χ1n) is 4.80. The standard InChI is InChI=1S/C12H12ClNO2/c1-14-5-3-2-4-9-6-11(13)7-10(8-15)12(9)16/h6-8,14,16H,3,5H2,1H3. The molecule has 0 bridgehead atoms. The van der Waals surface area contributed by atoms with E-state index in [0.717, 1.165) is 6.54 Å². The monoisotopic (exact) mass is 237 g/mol. The molecule has 2 N–H and O–H groups in total. The van der Waals surface area contributed by atoms with Crippen LogP contribution in [0.2, 0.25) is 5.02 Å². The van der Waals surface area contributed by atoms with Crippen LogP contribution in [0.25, 0.3) is 0 Å². The van der Waals surface area contributed by atoms with E-state index in [1.54, 1.807) is 0 Å². The highest BCUT2D eigenvalue weighted by molar-refractivity contribution is 6.31. The van der Waals surface area contributed by atoms with Gasteiger partial charge in [-0.1, -0.05) is 23.4 Å². The van der Waals surface area contributed by atoms with Crippen molar-refractivity contribution in [1.29, 1.82) is 0 Å². The van der Waals surface area contributed by atoms with Crippen LogP contribution >= 0.6 is 11.6 Å². The summed E-state index contributed by atoms with van der Waals surface area (Å²) in [5, 5.41) is 13.0. The lowest BCUT2D eigenvalue weighted by molar-refractivity contribution is 0.112. The van der Waals surface area contributed by atoms with Crippen LogP contribution in [0, 0.1) is 11.8 Å². The van der Waals surface area contributed by atoms with Gasteiger partial charge < -0.3 is 10.4 Å². The Labute approximate surface area is 99.4 Å². The summed E-state index contributed by atoms with van der Waals surface area (Å²) in [6, 6.07) is 2.94. The third-order valence-corrected chi connectivity index (χ3v) is 2.17. The van der Waals surface area contributed by atoms with Gasteiger partial charge in [0, 0.05) is 18.0 Å². The molecule has 1 aromatic carbocycles. The zero-order chi connectivity index (χ0) is 12.0. The lowest BCUT2D eigenvalue weighted by Gasteiger charge is -2.01. The van der Waals surface area contributed by atoms with Gasteiger partial charge in [-0.05, 0) is 19.2 Å². The SMILES string of the molecule is CNCCC#Cc1cc(Cl)cc(C=O)c1O. The molecule has 0 aliphatic rings. The molecule has 1 rings (SSSR count). The molecule has 0 spiro atoms. The molecule has 0 aromatic heterocycles. The van der Waals surface area contributed by atoms with Crippen LogP contribution in [0.1, 0.15) is 22.3 Å². The molecule has 0 unspecified atom stereocenters. The first kappa shape index (κ1) is 12.6. The summed E-state index contributed by atoms with van der Waals surface area (Å²) in [6.45, 7) is 0.773. The number of phenolic OH excluding ortho intramolecular Hbond substituents is 1. The molecule has 3 nitrogen and oxygen atoms in total. The Morgan fingerprint density at radius 3 is 2.94 bits per heavy atom. The van der Waals surface area contributed by atoms with Gasteiger partial charge in [0.05, 0.1) is 11.1 Å². The summed E-state index contributed by atoms with van der Waals surface area (Å²) in [4.78, 5) is 10.6. The summed E-state index contributed by atoms with van der Waals surface area (Å²) < 4.78 is 0. The maximum Gasteiger partial charge on any atom is 0.153 e. The topological polar surface area (TPSA) is 49.3 Å². The Morgan fingerprint density at radius 2 is 2.31 bits per heavy atom. The predicted molar refractivity (Wildman–Crippen MR) is 63.9 cm³/mol. The number of aldehydes is 1. The van der Waals surface area contributed by atoms with E-state index in [2.05, 4.69) is 17.2 Å². The summed E-state index contributed by atoms with van der Waals surface area (Å²) in [6.07, 6.45) is 1.22. The number of benzene rings is 1. The minimum absolute atomic E-state index is 0.114. The van der Waals surface area contributed by atoms with E-state index < -0.39 is 0 Å². The fourth-order valence-electron chi connectivity index (χ4n) is 1.15. The van der Waals surface area contributed by atoms with Crippen molar-refractivity contribution in [3.8, 4) is 17.6 Å². The van der Waals surface area contributed by atoms with Crippen LogP contribution < -0.4 is 5.32 Å². The van der Waals surface area contributed by atoms with Crippen LogP contribution in [0.4, 0.5) is 0 Å². The second kappa shape index (κ2) is 6.16. The minimum Gasteiger partial charge on any atom is -0.506 e. The quantitative estimate of drug-likeness (QED) is 0.479. The molecule has 0 amide bonds. The summed E-state index contributed by atoms with van der Waals surface area (Å²) in [5.74, 6) is 5.54. The maximum absolute atomic E-state index is 10.6. The number of carbonyl (C=O) groups excluding carboxylic acids is 1. The average molecular weight is 238 g/mol. The van der Waals surface area contributed by atoms with Crippen molar-refractivity contribution in [2.75, 3.05) is 13.6 Å². The second-order valence-electron chi connectivity index (χ2n) is 3.16. The van der Waals surface area contributed by atoms with E-state index in [1.165, 1.54) is 12.1 Å². The Hall–Kier alpha value is -1.50. The van der Waals surface area contributed by atoms with Gasteiger partial charge >= 0.3 is 0 Å². The van der Waals surface area contributed by atoms with E-state index in [-0.39, 0.29) is 11.3 Å². The molecule has 84 valence electrons. The van der Waals surface area contributed by atoms with E-state index in [1.807, 2.05) is 7.05 Å². The lowest BCUT2D eigenvalue weighted by atomic mass is 10.1. The summed E-state index contributed by atoms with van der Waals surface area (Å²) in [7, 11) is 1.84. The number of phenols is 1. The third-order valence-electron chi connectivity index (χ3n) is 1.95. The molecule has 0 heterocycles. The van der Waals surface area contributed by atoms with Crippen molar-refractivity contribution in [1.82, 2.24) is 5.32 Å². The van der Waals surface area contributed by atoms with Gasteiger partial charge in [0.1, 0.15) is 5.75 Å². The highest BCUT2D eigenvalue weighted by atomic mass is 35.5. The molecule has 0 aliphatic heterocycles. The molecule has 0 radical (unpaired) electrons. The number of rotatable bonds is 3. The average Bonchev–Trinajstić information content (AvgIpc) is 2.28. The molecular weight excluding hydrogens is 226 g/mol. The van der Waals surface area contributed by atoms with Gasteiger partial charge in [0.2, 0.25) is 0 Å². The molecule has 0 aliphatic carbocycles. The molecular formula is C12H12ClNO2. The zero-order valence-electron chi connectivity index (χ0n) is 8.88. The van der Waals surface area contributed by atoms with Gasteiger partial charge in [0.15, 0.2) is 6.29 Å². The number of halogens is 1. The van der Waals surface area contributed by atoms with Gasteiger partial charge in [-0.3, -0.25) is 4.79 Å².